The molecule has 0 saturated carbocycles. The van der Waals surface area contributed by atoms with Crippen molar-refractivity contribution in [2.24, 2.45) is 0 Å². The van der Waals surface area contributed by atoms with E-state index in [-0.39, 0.29) is 0 Å². The summed E-state index contributed by atoms with van der Waals surface area (Å²) in [4.78, 5) is 2.32. The molecular weight excluding hydrogens is 232 g/mol. The monoisotopic (exact) mass is 256 g/mol. The van der Waals surface area contributed by atoms with Crippen LogP contribution in [0.2, 0.25) is 0 Å². The highest BCUT2D eigenvalue weighted by Gasteiger charge is 2.18. The summed E-state index contributed by atoms with van der Waals surface area (Å²) in [5.41, 5.74) is 0. The number of nitrogens with zero attached hydrogens (tertiary/aromatic N) is 1. The van der Waals surface area contributed by atoms with Gasteiger partial charge in [0.25, 0.3) is 0 Å². The molecule has 1 rings (SSSR count). The molecule has 1 heterocycles. The molecular formula is C13H24N2OS. The van der Waals surface area contributed by atoms with Crippen LogP contribution >= 0.6 is 0 Å². The lowest BCUT2D eigenvalue weighted by Crippen LogP contribution is -2.43. The Hall–Kier alpha value is -0.370. The highest BCUT2D eigenvalue weighted by molar-refractivity contribution is 7.84. The van der Waals surface area contributed by atoms with Gasteiger partial charge in [0, 0.05) is 41.4 Å². The number of likely N-dealkylation sites (tertiary alicyclic amines) is 1. The minimum absolute atomic E-state index is 0.295. The van der Waals surface area contributed by atoms with Crippen molar-refractivity contribution < 1.29 is 4.21 Å². The smallest absolute Gasteiger partial charge is 0.0598 e. The first-order chi connectivity index (χ1) is 8.13. The van der Waals surface area contributed by atoms with Crippen LogP contribution in [-0.4, -0.2) is 52.8 Å². The molecule has 0 radical (unpaired) electrons. The standard InChI is InChI=1S/C13H24N2OS/c1-4-9-15-10-6-13(7-11-15)14-8-5-12(2)17(3)16/h1,12-14H,5-11H2,2-3H3. The summed E-state index contributed by atoms with van der Waals surface area (Å²) >= 11 is 0. The molecule has 0 aromatic rings. The molecule has 0 bridgehead atoms. The van der Waals surface area contributed by atoms with Crippen LogP contribution in [0.4, 0.5) is 0 Å². The van der Waals surface area contributed by atoms with E-state index in [0.717, 1.165) is 32.6 Å². The molecule has 2 unspecified atom stereocenters. The number of nitrogens with one attached hydrogen (secondary N) is 1. The van der Waals surface area contributed by atoms with E-state index in [1.807, 2.05) is 6.92 Å². The molecule has 1 aliphatic heterocycles. The number of hydrogen-bond donors (Lipinski definition) is 1. The first-order valence-corrected chi connectivity index (χ1v) is 7.97. The van der Waals surface area contributed by atoms with Crippen LogP contribution < -0.4 is 5.32 Å². The van der Waals surface area contributed by atoms with Crippen LogP contribution in [0.5, 0.6) is 0 Å². The molecule has 0 aromatic carbocycles. The Morgan fingerprint density at radius 3 is 2.71 bits per heavy atom. The van der Waals surface area contributed by atoms with E-state index in [1.165, 1.54) is 12.8 Å². The second kappa shape index (κ2) is 7.86. The minimum Gasteiger partial charge on any atom is -0.314 e. The Labute approximate surface area is 108 Å². The Morgan fingerprint density at radius 2 is 2.18 bits per heavy atom. The minimum atomic E-state index is -0.696. The lowest BCUT2D eigenvalue weighted by atomic mass is 10.0. The first-order valence-electron chi connectivity index (χ1n) is 6.35. The third-order valence-corrected chi connectivity index (χ3v) is 4.82. The Balaban J connectivity index is 2.10. The molecule has 1 saturated heterocycles. The molecule has 0 aromatic heterocycles. The molecule has 3 nitrogen and oxygen atoms in total. The third-order valence-electron chi connectivity index (χ3n) is 3.45. The van der Waals surface area contributed by atoms with Gasteiger partial charge < -0.3 is 5.32 Å². The number of piperidine rings is 1. The molecule has 0 amide bonds. The zero-order valence-corrected chi connectivity index (χ0v) is 11.8. The maximum absolute atomic E-state index is 11.2. The normalized spacial score (nSPS) is 21.9. The number of terminal acetylenes is 1. The van der Waals surface area contributed by atoms with E-state index >= 15 is 0 Å². The van der Waals surface area contributed by atoms with Crippen molar-refractivity contribution in [1.29, 1.82) is 0 Å². The van der Waals surface area contributed by atoms with Crippen molar-refractivity contribution in [3.05, 3.63) is 0 Å². The number of hydrogen-bond acceptors (Lipinski definition) is 3. The predicted octanol–water partition coefficient (Wildman–Crippen LogP) is 0.831. The van der Waals surface area contributed by atoms with E-state index in [1.54, 1.807) is 6.26 Å². The van der Waals surface area contributed by atoms with Crippen LogP contribution in [0.3, 0.4) is 0 Å². The van der Waals surface area contributed by atoms with Gasteiger partial charge in [0.2, 0.25) is 0 Å². The molecule has 1 aliphatic rings. The van der Waals surface area contributed by atoms with E-state index in [9.17, 15) is 4.21 Å². The summed E-state index contributed by atoms with van der Waals surface area (Å²) in [6.07, 6.45) is 10.4. The van der Waals surface area contributed by atoms with Crippen LogP contribution in [0.25, 0.3) is 0 Å². The SMILES string of the molecule is C#CCN1CCC(NCCC(C)S(C)=O)CC1. The van der Waals surface area contributed by atoms with Gasteiger partial charge in [-0.15, -0.1) is 6.42 Å². The first kappa shape index (κ1) is 14.7. The quantitative estimate of drug-likeness (QED) is 0.715. The van der Waals surface area contributed by atoms with Gasteiger partial charge in [0.1, 0.15) is 0 Å². The largest absolute Gasteiger partial charge is 0.314 e. The maximum Gasteiger partial charge on any atom is 0.0598 e. The molecule has 0 aliphatic carbocycles. The molecule has 17 heavy (non-hydrogen) atoms. The van der Waals surface area contributed by atoms with Crippen molar-refractivity contribution in [2.75, 3.05) is 32.4 Å². The molecule has 1 fully saturated rings. The summed E-state index contributed by atoms with van der Waals surface area (Å²) in [5.74, 6) is 2.69. The van der Waals surface area contributed by atoms with Gasteiger partial charge in [0.15, 0.2) is 0 Å². The van der Waals surface area contributed by atoms with Gasteiger partial charge in [-0.05, 0) is 25.8 Å². The Morgan fingerprint density at radius 1 is 1.53 bits per heavy atom. The van der Waals surface area contributed by atoms with E-state index in [4.69, 9.17) is 6.42 Å². The summed E-state index contributed by atoms with van der Waals surface area (Å²) < 4.78 is 11.2. The van der Waals surface area contributed by atoms with Gasteiger partial charge in [-0.25, -0.2) is 0 Å². The molecule has 1 N–H and O–H groups in total. The summed E-state index contributed by atoms with van der Waals surface area (Å²) in [6, 6.07) is 0.613. The van der Waals surface area contributed by atoms with Crippen molar-refractivity contribution in [3.63, 3.8) is 0 Å². The lowest BCUT2D eigenvalue weighted by Gasteiger charge is -2.31. The number of rotatable bonds is 6. The van der Waals surface area contributed by atoms with Gasteiger partial charge in [-0.3, -0.25) is 9.11 Å². The fraction of sp³-hybridized carbons (Fsp3) is 0.846. The van der Waals surface area contributed by atoms with Crippen molar-refractivity contribution in [1.82, 2.24) is 10.2 Å². The fourth-order valence-electron chi connectivity index (χ4n) is 2.08. The van der Waals surface area contributed by atoms with Crippen LogP contribution in [-0.2, 0) is 10.8 Å². The van der Waals surface area contributed by atoms with E-state index in [0.29, 0.717) is 11.3 Å². The highest BCUT2D eigenvalue weighted by Crippen LogP contribution is 2.10. The zero-order chi connectivity index (χ0) is 12.7. The second-order valence-electron chi connectivity index (χ2n) is 4.81. The van der Waals surface area contributed by atoms with Gasteiger partial charge in [-0.2, -0.15) is 0 Å². The highest BCUT2D eigenvalue weighted by atomic mass is 32.2. The van der Waals surface area contributed by atoms with E-state index < -0.39 is 10.8 Å². The third kappa shape index (κ3) is 5.67. The van der Waals surface area contributed by atoms with Crippen LogP contribution in [0, 0.1) is 12.3 Å². The lowest BCUT2D eigenvalue weighted by molar-refractivity contribution is 0.218. The molecule has 0 spiro atoms. The fourth-order valence-corrected chi connectivity index (χ4v) is 2.53. The average molecular weight is 256 g/mol. The Bertz CT molecular complexity index is 280. The van der Waals surface area contributed by atoms with Crippen LogP contribution in [0.15, 0.2) is 0 Å². The van der Waals surface area contributed by atoms with Crippen molar-refractivity contribution in [2.45, 2.75) is 37.5 Å². The van der Waals surface area contributed by atoms with Gasteiger partial charge in [-0.1, -0.05) is 12.8 Å². The summed E-state index contributed by atoms with van der Waals surface area (Å²) in [7, 11) is -0.696. The summed E-state index contributed by atoms with van der Waals surface area (Å²) in [5, 5.41) is 3.85. The Kier molecular flexibility index (Phi) is 6.79. The molecule has 4 heteroatoms. The zero-order valence-electron chi connectivity index (χ0n) is 10.9. The molecule has 2 atom stereocenters. The van der Waals surface area contributed by atoms with Gasteiger partial charge in [0.05, 0.1) is 6.54 Å². The van der Waals surface area contributed by atoms with Crippen molar-refractivity contribution >= 4 is 10.8 Å². The average Bonchev–Trinajstić information content (AvgIpc) is 2.31. The maximum atomic E-state index is 11.2. The van der Waals surface area contributed by atoms with E-state index in [2.05, 4.69) is 16.1 Å². The van der Waals surface area contributed by atoms with Gasteiger partial charge >= 0.3 is 0 Å². The molecule has 98 valence electrons. The predicted molar refractivity (Wildman–Crippen MR) is 74.4 cm³/mol. The van der Waals surface area contributed by atoms with Crippen molar-refractivity contribution in [3.8, 4) is 12.3 Å². The summed E-state index contributed by atoms with van der Waals surface area (Å²) in [6.45, 7) is 5.99. The second-order valence-corrected chi connectivity index (χ2v) is 6.61. The van der Waals surface area contributed by atoms with Crippen LogP contribution in [0.1, 0.15) is 26.2 Å². The topological polar surface area (TPSA) is 32.3 Å².